The van der Waals surface area contributed by atoms with Gasteiger partial charge < -0.3 is 19.8 Å². The number of carbonyl (C=O) groups excluding carboxylic acids is 1. The molecular formula is C13H20N2O3. The van der Waals surface area contributed by atoms with Crippen LogP contribution in [0.4, 0.5) is 0 Å². The highest BCUT2D eigenvalue weighted by molar-refractivity contribution is 5.78. The van der Waals surface area contributed by atoms with Crippen molar-refractivity contribution in [3.05, 3.63) is 23.7 Å². The van der Waals surface area contributed by atoms with Gasteiger partial charge >= 0.3 is 0 Å². The minimum absolute atomic E-state index is 0.00178. The number of ether oxygens (including phenoxy) is 1. The lowest BCUT2D eigenvalue weighted by Gasteiger charge is -2.15. The molecule has 100 valence electrons. The number of furan rings is 1. The maximum atomic E-state index is 11.8. The highest BCUT2D eigenvalue weighted by Crippen LogP contribution is 2.27. The number of hydrogen-bond donors (Lipinski definition) is 1. The van der Waals surface area contributed by atoms with E-state index in [4.69, 9.17) is 14.9 Å². The van der Waals surface area contributed by atoms with Gasteiger partial charge in [0.2, 0.25) is 5.91 Å². The third-order valence-corrected chi connectivity index (χ3v) is 3.27. The van der Waals surface area contributed by atoms with Gasteiger partial charge in [-0.1, -0.05) is 0 Å². The van der Waals surface area contributed by atoms with Crippen LogP contribution in [0.15, 0.2) is 16.5 Å². The van der Waals surface area contributed by atoms with Gasteiger partial charge in [0, 0.05) is 25.7 Å². The summed E-state index contributed by atoms with van der Waals surface area (Å²) in [6, 6.07) is 3.80. The average Bonchev–Trinajstić information content (AvgIpc) is 2.92. The molecule has 2 rings (SSSR count). The number of nitrogens with zero attached hydrogens (tertiary/aromatic N) is 1. The third-order valence-electron chi connectivity index (χ3n) is 3.27. The topological polar surface area (TPSA) is 68.7 Å². The molecule has 1 saturated heterocycles. The second kappa shape index (κ2) is 5.54. The van der Waals surface area contributed by atoms with Crippen LogP contribution in [0, 0.1) is 6.92 Å². The van der Waals surface area contributed by atoms with Gasteiger partial charge in [0.25, 0.3) is 0 Å². The largest absolute Gasteiger partial charge is 0.466 e. The summed E-state index contributed by atoms with van der Waals surface area (Å²) in [5, 5.41) is 0. The fourth-order valence-corrected chi connectivity index (χ4v) is 2.27. The van der Waals surface area contributed by atoms with Crippen LogP contribution < -0.4 is 5.73 Å². The molecule has 5 heteroatoms. The zero-order chi connectivity index (χ0) is 13.1. The van der Waals surface area contributed by atoms with Crippen LogP contribution in [0.1, 0.15) is 24.4 Å². The third kappa shape index (κ3) is 2.73. The van der Waals surface area contributed by atoms with Crippen molar-refractivity contribution in [2.75, 3.05) is 26.3 Å². The van der Waals surface area contributed by atoms with E-state index >= 15 is 0 Å². The Hall–Kier alpha value is -1.33. The first-order valence-corrected chi connectivity index (χ1v) is 6.29. The van der Waals surface area contributed by atoms with Gasteiger partial charge in [0.1, 0.15) is 18.1 Å². The average molecular weight is 252 g/mol. The normalized spacial score (nSPS) is 23.6. The molecule has 0 unspecified atom stereocenters. The van der Waals surface area contributed by atoms with E-state index in [0.717, 1.165) is 11.5 Å². The summed E-state index contributed by atoms with van der Waals surface area (Å²) in [6.45, 7) is 5.63. The summed E-state index contributed by atoms with van der Waals surface area (Å²) in [4.78, 5) is 13.6. The zero-order valence-corrected chi connectivity index (χ0v) is 10.9. The second-order valence-corrected chi connectivity index (χ2v) is 4.65. The van der Waals surface area contributed by atoms with Gasteiger partial charge in [0.15, 0.2) is 0 Å². The molecule has 5 nitrogen and oxygen atoms in total. The summed E-state index contributed by atoms with van der Waals surface area (Å²) >= 11 is 0. The SMILES string of the molecule is CCOCC(=O)N1C[C@@H](N)[C@H](c2ccc(C)o2)C1. The minimum Gasteiger partial charge on any atom is -0.466 e. The molecule has 0 saturated carbocycles. The molecule has 0 spiro atoms. The Kier molecular flexibility index (Phi) is 4.04. The summed E-state index contributed by atoms with van der Waals surface area (Å²) in [7, 11) is 0. The number of rotatable bonds is 4. The van der Waals surface area contributed by atoms with Gasteiger partial charge in [-0.2, -0.15) is 0 Å². The van der Waals surface area contributed by atoms with Crippen LogP contribution in [-0.2, 0) is 9.53 Å². The minimum atomic E-state index is -0.0684. The predicted molar refractivity (Wildman–Crippen MR) is 67.2 cm³/mol. The van der Waals surface area contributed by atoms with Gasteiger partial charge in [-0.15, -0.1) is 0 Å². The number of amides is 1. The maximum absolute atomic E-state index is 11.8. The number of hydrogen-bond acceptors (Lipinski definition) is 4. The molecule has 1 amide bonds. The fraction of sp³-hybridized carbons (Fsp3) is 0.615. The Morgan fingerprint density at radius 2 is 2.33 bits per heavy atom. The predicted octanol–water partition coefficient (Wildman–Crippen LogP) is 0.878. The highest BCUT2D eigenvalue weighted by Gasteiger charge is 2.35. The molecule has 1 aromatic rings. The van der Waals surface area contributed by atoms with Gasteiger partial charge in [-0.25, -0.2) is 0 Å². The van der Waals surface area contributed by atoms with E-state index in [1.165, 1.54) is 0 Å². The second-order valence-electron chi connectivity index (χ2n) is 4.65. The molecule has 1 aliphatic heterocycles. The van der Waals surface area contributed by atoms with Crippen LogP contribution in [0.2, 0.25) is 0 Å². The molecule has 1 fully saturated rings. The van der Waals surface area contributed by atoms with Crippen molar-refractivity contribution >= 4 is 5.91 Å². The lowest BCUT2D eigenvalue weighted by atomic mass is 10.0. The molecule has 1 aromatic heterocycles. The van der Waals surface area contributed by atoms with Crippen molar-refractivity contribution in [1.29, 1.82) is 0 Å². The molecule has 0 aliphatic carbocycles. The van der Waals surface area contributed by atoms with Crippen molar-refractivity contribution in [1.82, 2.24) is 4.90 Å². The Morgan fingerprint density at radius 3 is 2.94 bits per heavy atom. The van der Waals surface area contributed by atoms with E-state index in [1.54, 1.807) is 4.90 Å². The van der Waals surface area contributed by atoms with Gasteiger partial charge in [-0.3, -0.25) is 4.79 Å². The van der Waals surface area contributed by atoms with E-state index in [-0.39, 0.29) is 24.5 Å². The molecule has 0 bridgehead atoms. The lowest BCUT2D eigenvalue weighted by molar-refractivity contribution is -0.134. The summed E-state index contributed by atoms with van der Waals surface area (Å²) < 4.78 is 10.7. The molecule has 2 atom stereocenters. The standard InChI is InChI=1S/C13H20N2O3/c1-3-17-8-13(16)15-6-10(11(14)7-15)12-5-4-9(2)18-12/h4-5,10-11H,3,6-8,14H2,1-2H3/t10-,11-/m1/s1. The first kappa shape index (κ1) is 13.1. The van der Waals surface area contributed by atoms with E-state index < -0.39 is 0 Å². The zero-order valence-electron chi connectivity index (χ0n) is 10.9. The Morgan fingerprint density at radius 1 is 1.56 bits per heavy atom. The van der Waals surface area contributed by atoms with Gasteiger partial charge in [0.05, 0.1) is 5.92 Å². The van der Waals surface area contributed by atoms with Crippen LogP contribution >= 0.6 is 0 Å². The van der Waals surface area contributed by atoms with Crippen molar-refractivity contribution in [3.8, 4) is 0 Å². The highest BCUT2D eigenvalue weighted by atomic mass is 16.5. The van der Waals surface area contributed by atoms with Crippen molar-refractivity contribution in [2.24, 2.45) is 5.73 Å². The first-order valence-electron chi connectivity index (χ1n) is 6.29. The molecule has 1 aliphatic rings. The van der Waals surface area contributed by atoms with Crippen molar-refractivity contribution < 1.29 is 13.9 Å². The Bertz CT molecular complexity index is 416. The van der Waals surface area contributed by atoms with Crippen molar-refractivity contribution in [2.45, 2.75) is 25.8 Å². The Balaban J connectivity index is 1.98. The maximum Gasteiger partial charge on any atom is 0.248 e. The number of aryl methyl sites for hydroxylation is 1. The molecular weight excluding hydrogens is 232 g/mol. The van der Waals surface area contributed by atoms with E-state index in [0.29, 0.717) is 19.7 Å². The number of carbonyl (C=O) groups is 1. The molecule has 2 N–H and O–H groups in total. The lowest BCUT2D eigenvalue weighted by Crippen LogP contribution is -2.34. The number of likely N-dealkylation sites (tertiary alicyclic amines) is 1. The molecule has 18 heavy (non-hydrogen) atoms. The van der Waals surface area contributed by atoms with Gasteiger partial charge in [-0.05, 0) is 26.0 Å². The first-order chi connectivity index (χ1) is 8.61. The Labute approximate surface area is 107 Å². The molecule has 0 radical (unpaired) electrons. The molecule has 0 aromatic carbocycles. The van der Waals surface area contributed by atoms with Crippen LogP contribution in [-0.4, -0.2) is 43.2 Å². The van der Waals surface area contributed by atoms with Crippen LogP contribution in [0.25, 0.3) is 0 Å². The van der Waals surface area contributed by atoms with Crippen molar-refractivity contribution in [3.63, 3.8) is 0 Å². The monoisotopic (exact) mass is 252 g/mol. The number of nitrogens with two attached hydrogens (primary N) is 1. The summed E-state index contributed by atoms with van der Waals surface area (Å²) in [6.07, 6.45) is 0. The van der Waals surface area contributed by atoms with E-state index in [1.807, 2.05) is 26.0 Å². The summed E-state index contributed by atoms with van der Waals surface area (Å²) in [5.41, 5.74) is 6.08. The smallest absolute Gasteiger partial charge is 0.248 e. The van der Waals surface area contributed by atoms with E-state index in [9.17, 15) is 4.79 Å². The van der Waals surface area contributed by atoms with Crippen LogP contribution in [0.5, 0.6) is 0 Å². The van der Waals surface area contributed by atoms with Crippen LogP contribution in [0.3, 0.4) is 0 Å². The van der Waals surface area contributed by atoms with E-state index in [2.05, 4.69) is 0 Å². The molecule has 2 heterocycles. The fourth-order valence-electron chi connectivity index (χ4n) is 2.27. The quantitative estimate of drug-likeness (QED) is 0.863. The summed E-state index contributed by atoms with van der Waals surface area (Å²) in [5.74, 6) is 1.82.